The van der Waals surface area contributed by atoms with Gasteiger partial charge in [0.1, 0.15) is 0 Å². The summed E-state index contributed by atoms with van der Waals surface area (Å²) in [5.41, 5.74) is 10.4. The van der Waals surface area contributed by atoms with E-state index in [1.165, 1.54) is 11.1 Å². The van der Waals surface area contributed by atoms with E-state index in [-0.39, 0.29) is 11.9 Å². The number of aryl methyl sites for hydroxylation is 2. The van der Waals surface area contributed by atoms with Crippen molar-refractivity contribution in [3.63, 3.8) is 0 Å². The lowest BCUT2D eigenvalue weighted by atomic mass is 9.99. The molecule has 0 heterocycles. The molecule has 1 unspecified atom stereocenters. The fourth-order valence-corrected chi connectivity index (χ4v) is 2.22. The van der Waals surface area contributed by atoms with E-state index in [1.54, 1.807) is 24.3 Å². The average Bonchev–Trinajstić information content (AvgIpc) is 2.42. The number of amides is 1. The summed E-state index contributed by atoms with van der Waals surface area (Å²) in [6.45, 7) is 6.11. The minimum Gasteiger partial charge on any atom is -0.399 e. The smallest absolute Gasteiger partial charge is 0.251 e. The monoisotopic (exact) mass is 268 g/mol. The number of nitrogen functional groups attached to an aromatic ring is 1. The molecule has 2 rings (SSSR count). The largest absolute Gasteiger partial charge is 0.399 e. The highest BCUT2D eigenvalue weighted by Crippen LogP contribution is 2.19. The molecule has 0 radical (unpaired) electrons. The van der Waals surface area contributed by atoms with E-state index in [2.05, 4.69) is 37.4 Å². The van der Waals surface area contributed by atoms with Gasteiger partial charge >= 0.3 is 0 Å². The molecule has 3 nitrogen and oxygen atoms in total. The van der Waals surface area contributed by atoms with E-state index < -0.39 is 0 Å². The van der Waals surface area contributed by atoms with Crippen LogP contribution in [0.4, 0.5) is 5.69 Å². The van der Waals surface area contributed by atoms with Gasteiger partial charge in [-0.05, 0) is 56.2 Å². The highest BCUT2D eigenvalue weighted by atomic mass is 16.1. The average molecular weight is 268 g/mol. The maximum Gasteiger partial charge on any atom is 0.251 e. The van der Waals surface area contributed by atoms with Crippen LogP contribution in [0.15, 0.2) is 42.5 Å². The van der Waals surface area contributed by atoms with Crippen LogP contribution in [0.3, 0.4) is 0 Å². The summed E-state index contributed by atoms with van der Waals surface area (Å²) in [6.07, 6.45) is 0. The Morgan fingerprint density at radius 2 is 1.75 bits per heavy atom. The quantitative estimate of drug-likeness (QED) is 0.838. The van der Waals surface area contributed by atoms with E-state index in [0.717, 1.165) is 5.56 Å². The van der Waals surface area contributed by atoms with E-state index in [9.17, 15) is 4.79 Å². The van der Waals surface area contributed by atoms with Crippen LogP contribution in [0.25, 0.3) is 0 Å². The minimum atomic E-state index is -0.0848. The molecule has 0 aliphatic carbocycles. The molecule has 1 atom stereocenters. The second kappa shape index (κ2) is 5.78. The fourth-order valence-electron chi connectivity index (χ4n) is 2.22. The van der Waals surface area contributed by atoms with Crippen molar-refractivity contribution in [1.29, 1.82) is 0 Å². The van der Waals surface area contributed by atoms with E-state index >= 15 is 0 Å². The van der Waals surface area contributed by atoms with Gasteiger partial charge < -0.3 is 11.1 Å². The topological polar surface area (TPSA) is 55.1 Å². The van der Waals surface area contributed by atoms with Gasteiger partial charge in [0.2, 0.25) is 0 Å². The predicted octanol–water partition coefficient (Wildman–Crippen LogP) is 3.38. The molecule has 0 aliphatic rings. The Morgan fingerprint density at radius 3 is 2.40 bits per heavy atom. The molecular formula is C17H20N2O. The Kier molecular flexibility index (Phi) is 4.08. The van der Waals surface area contributed by atoms with Crippen molar-refractivity contribution in [2.24, 2.45) is 0 Å². The lowest BCUT2D eigenvalue weighted by Crippen LogP contribution is -2.27. The lowest BCUT2D eigenvalue weighted by Gasteiger charge is -2.17. The summed E-state index contributed by atoms with van der Waals surface area (Å²) < 4.78 is 0. The van der Waals surface area contributed by atoms with Gasteiger partial charge in [-0.3, -0.25) is 4.79 Å². The van der Waals surface area contributed by atoms with E-state index in [1.807, 2.05) is 6.92 Å². The number of nitrogens with two attached hydrogens (primary N) is 1. The molecule has 0 saturated carbocycles. The molecule has 104 valence electrons. The second-order valence-corrected chi connectivity index (χ2v) is 5.18. The van der Waals surface area contributed by atoms with Gasteiger partial charge in [-0.2, -0.15) is 0 Å². The van der Waals surface area contributed by atoms with E-state index in [4.69, 9.17) is 5.73 Å². The van der Waals surface area contributed by atoms with E-state index in [0.29, 0.717) is 11.3 Å². The summed E-state index contributed by atoms with van der Waals surface area (Å²) in [5.74, 6) is -0.0848. The van der Waals surface area contributed by atoms with Gasteiger partial charge in [0.25, 0.3) is 5.91 Å². The highest BCUT2D eigenvalue weighted by Gasteiger charge is 2.13. The van der Waals surface area contributed by atoms with Gasteiger partial charge in [0, 0.05) is 11.3 Å². The van der Waals surface area contributed by atoms with Crippen molar-refractivity contribution in [3.05, 3.63) is 64.7 Å². The molecule has 1 amide bonds. The first kappa shape index (κ1) is 14.1. The van der Waals surface area contributed by atoms with Crippen LogP contribution in [-0.2, 0) is 0 Å². The predicted molar refractivity (Wildman–Crippen MR) is 82.7 cm³/mol. The lowest BCUT2D eigenvalue weighted by molar-refractivity contribution is 0.0940. The molecule has 20 heavy (non-hydrogen) atoms. The van der Waals surface area contributed by atoms with Gasteiger partial charge in [-0.25, -0.2) is 0 Å². The summed E-state index contributed by atoms with van der Waals surface area (Å²) >= 11 is 0. The van der Waals surface area contributed by atoms with Gasteiger partial charge in [0.15, 0.2) is 0 Å². The third-order valence-electron chi connectivity index (χ3n) is 3.42. The Bertz CT molecular complexity index is 617. The number of rotatable bonds is 3. The minimum absolute atomic E-state index is 0.0278. The van der Waals surface area contributed by atoms with Gasteiger partial charge in [0.05, 0.1) is 6.04 Å². The van der Waals surface area contributed by atoms with Crippen LogP contribution in [-0.4, -0.2) is 5.91 Å². The first-order valence-corrected chi connectivity index (χ1v) is 6.71. The Morgan fingerprint density at radius 1 is 1.10 bits per heavy atom. The zero-order valence-electron chi connectivity index (χ0n) is 12.1. The maximum atomic E-state index is 12.2. The van der Waals surface area contributed by atoms with Crippen LogP contribution in [0, 0.1) is 13.8 Å². The maximum absolute atomic E-state index is 12.2. The number of anilines is 1. The molecule has 0 fully saturated rings. The molecule has 3 heteroatoms. The van der Waals surface area contributed by atoms with Crippen molar-refractivity contribution < 1.29 is 4.79 Å². The number of hydrogen-bond acceptors (Lipinski definition) is 2. The molecule has 0 spiro atoms. The van der Waals surface area contributed by atoms with Gasteiger partial charge in [-0.1, -0.05) is 23.8 Å². The standard InChI is InChI=1S/C17H20N2O/c1-11-4-5-12(2)16(10-11)13(3)19-17(20)14-6-8-15(18)9-7-14/h4-10,13H,18H2,1-3H3,(H,19,20). The molecular weight excluding hydrogens is 248 g/mol. The fraction of sp³-hybridized carbons (Fsp3) is 0.235. The van der Waals surface area contributed by atoms with Crippen molar-refractivity contribution >= 4 is 11.6 Å². The van der Waals surface area contributed by atoms with Crippen LogP contribution >= 0.6 is 0 Å². The number of hydrogen-bond donors (Lipinski definition) is 2. The summed E-state index contributed by atoms with van der Waals surface area (Å²) in [7, 11) is 0. The van der Waals surface area contributed by atoms with Crippen molar-refractivity contribution in [1.82, 2.24) is 5.32 Å². The number of nitrogens with one attached hydrogen (secondary N) is 1. The summed E-state index contributed by atoms with van der Waals surface area (Å²) in [4.78, 5) is 12.2. The van der Waals surface area contributed by atoms with Crippen molar-refractivity contribution in [2.75, 3.05) is 5.73 Å². The molecule has 0 bridgehead atoms. The second-order valence-electron chi connectivity index (χ2n) is 5.18. The third kappa shape index (κ3) is 3.18. The van der Waals surface area contributed by atoms with Crippen LogP contribution in [0.5, 0.6) is 0 Å². The Hall–Kier alpha value is -2.29. The van der Waals surface area contributed by atoms with Crippen LogP contribution in [0.2, 0.25) is 0 Å². The molecule has 2 aromatic carbocycles. The summed E-state index contributed by atoms with van der Waals surface area (Å²) in [6, 6.07) is 13.2. The molecule has 0 aromatic heterocycles. The Labute approximate surface area is 119 Å². The molecule has 0 aliphatic heterocycles. The SMILES string of the molecule is Cc1ccc(C)c(C(C)NC(=O)c2ccc(N)cc2)c1. The Balaban J connectivity index is 2.15. The van der Waals surface area contributed by atoms with Crippen molar-refractivity contribution in [3.8, 4) is 0 Å². The zero-order valence-corrected chi connectivity index (χ0v) is 12.1. The van der Waals surface area contributed by atoms with Crippen molar-refractivity contribution in [2.45, 2.75) is 26.8 Å². The normalized spacial score (nSPS) is 11.9. The molecule has 2 aromatic rings. The first-order chi connectivity index (χ1) is 9.47. The molecule has 3 N–H and O–H groups in total. The molecule has 0 saturated heterocycles. The van der Waals surface area contributed by atoms with Gasteiger partial charge in [-0.15, -0.1) is 0 Å². The summed E-state index contributed by atoms with van der Waals surface area (Å²) in [5, 5.41) is 3.02. The zero-order chi connectivity index (χ0) is 14.7. The third-order valence-corrected chi connectivity index (χ3v) is 3.42. The first-order valence-electron chi connectivity index (χ1n) is 6.71. The number of benzene rings is 2. The number of carbonyl (C=O) groups excluding carboxylic acids is 1. The number of carbonyl (C=O) groups is 1. The van der Waals surface area contributed by atoms with Crippen LogP contribution in [0.1, 0.15) is 40.0 Å². The van der Waals surface area contributed by atoms with Crippen LogP contribution < -0.4 is 11.1 Å². The highest BCUT2D eigenvalue weighted by molar-refractivity contribution is 5.94.